The standard InChI is InChI=1S/C13H28N2O2S2/c1-3-7-14-8-5-6-11-19(16,17)15-9-10-18-13(4-2)12-15/h13-14H,3-12H2,1-2H3. The van der Waals surface area contributed by atoms with Crippen LogP contribution in [-0.2, 0) is 10.0 Å². The lowest BCUT2D eigenvalue weighted by Crippen LogP contribution is -2.42. The summed E-state index contributed by atoms with van der Waals surface area (Å²) in [7, 11) is -3.03. The Balaban J connectivity index is 2.26. The van der Waals surface area contributed by atoms with Gasteiger partial charge in [-0.05, 0) is 38.8 Å². The normalized spacial score (nSPS) is 21.7. The average molecular weight is 309 g/mol. The van der Waals surface area contributed by atoms with Gasteiger partial charge in [0.25, 0.3) is 0 Å². The monoisotopic (exact) mass is 308 g/mol. The molecule has 114 valence electrons. The van der Waals surface area contributed by atoms with Crippen molar-refractivity contribution in [2.45, 2.75) is 44.8 Å². The molecule has 0 radical (unpaired) electrons. The molecular weight excluding hydrogens is 280 g/mol. The summed E-state index contributed by atoms with van der Waals surface area (Å²) in [5.74, 6) is 1.25. The van der Waals surface area contributed by atoms with Crippen LogP contribution in [-0.4, -0.2) is 55.7 Å². The van der Waals surface area contributed by atoms with E-state index in [9.17, 15) is 8.42 Å². The molecule has 0 amide bonds. The summed E-state index contributed by atoms with van der Waals surface area (Å²) in [5, 5.41) is 3.79. The number of rotatable bonds is 9. The second-order valence-electron chi connectivity index (χ2n) is 5.03. The quantitative estimate of drug-likeness (QED) is 0.661. The van der Waals surface area contributed by atoms with Crippen molar-refractivity contribution < 1.29 is 8.42 Å². The number of sulfonamides is 1. The Morgan fingerprint density at radius 3 is 2.74 bits per heavy atom. The van der Waals surface area contributed by atoms with Crippen molar-refractivity contribution in [2.24, 2.45) is 0 Å². The van der Waals surface area contributed by atoms with Crippen molar-refractivity contribution in [3.63, 3.8) is 0 Å². The first-order valence-corrected chi connectivity index (χ1v) is 10.1. The summed E-state index contributed by atoms with van der Waals surface area (Å²) in [6, 6.07) is 0. The minimum absolute atomic E-state index is 0.307. The highest BCUT2D eigenvalue weighted by atomic mass is 32.2. The maximum Gasteiger partial charge on any atom is 0.214 e. The molecule has 1 heterocycles. The van der Waals surface area contributed by atoms with Crippen LogP contribution in [0, 0.1) is 0 Å². The van der Waals surface area contributed by atoms with Gasteiger partial charge >= 0.3 is 0 Å². The SMILES string of the molecule is CCCNCCCCS(=O)(=O)N1CCSC(CC)C1. The Kier molecular flexibility index (Phi) is 8.37. The number of nitrogens with one attached hydrogen (secondary N) is 1. The van der Waals surface area contributed by atoms with Gasteiger partial charge in [-0.15, -0.1) is 0 Å². The molecule has 1 N–H and O–H groups in total. The van der Waals surface area contributed by atoms with Crippen LogP contribution in [0.2, 0.25) is 0 Å². The fraction of sp³-hybridized carbons (Fsp3) is 1.00. The molecule has 0 aliphatic carbocycles. The van der Waals surface area contributed by atoms with E-state index in [4.69, 9.17) is 0 Å². The van der Waals surface area contributed by atoms with E-state index in [-0.39, 0.29) is 0 Å². The third-order valence-electron chi connectivity index (χ3n) is 3.38. The summed E-state index contributed by atoms with van der Waals surface area (Å²) in [6.07, 6.45) is 3.89. The molecule has 1 unspecified atom stereocenters. The molecular formula is C13H28N2O2S2. The minimum Gasteiger partial charge on any atom is -0.317 e. The molecule has 1 saturated heterocycles. The van der Waals surface area contributed by atoms with Gasteiger partial charge in [0.2, 0.25) is 10.0 Å². The molecule has 19 heavy (non-hydrogen) atoms. The Hall–Kier alpha value is 0.220. The summed E-state index contributed by atoms with van der Waals surface area (Å²) in [5.41, 5.74) is 0. The highest BCUT2D eigenvalue weighted by Crippen LogP contribution is 2.23. The van der Waals surface area contributed by atoms with Gasteiger partial charge in [-0.3, -0.25) is 0 Å². The molecule has 6 heteroatoms. The zero-order valence-corrected chi connectivity index (χ0v) is 13.9. The molecule has 4 nitrogen and oxygen atoms in total. The fourth-order valence-electron chi connectivity index (χ4n) is 2.16. The molecule has 0 aromatic heterocycles. The third kappa shape index (κ3) is 6.47. The number of nitrogens with zero attached hydrogens (tertiary/aromatic N) is 1. The van der Waals surface area contributed by atoms with Gasteiger partial charge in [-0.2, -0.15) is 16.1 Å². The molecule has 1 atom stereocenters. The summed E-state index contributed by atoms with van der Waals surface area (Å²) in [6.45, 7) is 7.61. The van der Waals surface area contributed by atoms with Gasteiger partial charge in [-0.1, -0.05) is 13.8 Å². The van der Waals surface area contributed by atoms with Crippen LogP contribution in [0.4, 0.5) is 0 Å². The first kappa shape index (κ1) is 17.3. The van der Waals surface area contributed by atoms with E-state index in [1.807, 2.05) is 11.8 Å². The predicted molar refractivity (Wildman–Crippen MR) is 84.3 cm³/mol. The molecule has 1 rings (SSSR count). The minimum atomic E-state index is -3.03. The molecule has 1 aliphatic heterocycles. The number of thioether (sulfide) groups is 1. The third-order valence-corrected chi connectivity index (χ3v) is 6.68. The Morgan fingerprint density at radius 1 is 1.26 bits per heavy atom. The first-order valence-electron chi connectivity index (χ1n) is 7.40. The van der Waals surface area contributed by atoms with Crippen LogP contribution < -0.4 is 5.32 Å². The van der Waals surface area contributed by atoms with E-state index >= 15 is 0 Å². The fourth-order valence-corrected chi connectivity index (χ4v) is 5.15. The van der Waals surface area contributed by atoms with Crippen molar-refractivity contribution in [3.05, 3.63) is 0 Å². The molecule has 0 saturated carbocycles. The Morgan fingerprint density at radius 2 is 2.05 bits per heavy atom. The van der Waals surface area contributed by atoms with Gasteiger partial charge in [0.05, 0.1) is 5.75 Å². The predicted octanol–water partition coefficient (Wildman–Crippen LogP) is 1.92. The summed E-state index contributed by atoms with van der Waals surface area (Å²) < 4.78 is 26.2. The molecule has 0 aromatic rings. The van der Waals surface area contributed by atoms with E-state index < -0.39 is 10.0 Å². The molecule has 0 spiro atoms. The van der Waals surface area contributed by atoms with Crippen LogP contribution >= 0.6 is 11.8 Å². The van der Waals surface area contributed by atoms with Crippen LogP contribution in [0.5, 0.6) is 0 Å². The smallest absolute Gasteiger partial charge is 0.214 e. The Labute approximate surface area is 122 Å². The van der Waals surface area contributed by atoms with Gasteiger partial charge in [0.15, 0.2) is 0 Å². The van der Waals surface area contributed by atoms with Gasteiger partial charge in [0, 0.05) is 24.1 Å². The van der Waals surface area contributed by atoms with Crippen molar-refractivity contribution in [3.8, 4) is 0 Å². The molecule has 1 fully saturated rings. The number of unbranched alkanes of at least 4 members (excludes halogenated alkanes) is 1. The van der Waals surface area contributed by atoms with Crippen molar-refractivity contribution in [1.29, 1.82) is 0 Å². The Bertz CT molecular complexity index is 334. The highest BCUT2D eigenvalue weighted by molar-refractivity contribution is 8.00. The van der Waals surface area contributed by atoms with E-state index in [0.717, 1.165) is 44.5 Å². The van der Waals surface area contributed by atoms with Crippen molar-refractivity contribution in [1.82, 2.24) is 9.62 Å². The number of hydrogen-bond acceptors (Lipinski definition) is 4. The zero-order valence-electron chi connectivity index (χ0n) is 12.2. The molecule has 0 bridgehead atoms. The van der Waals surface area contributed by atoms with Crippen LogP contribution in [0.15, 0.2) is 0 Å². The van der Waals surface area contributed by atoms with Crippen LogP contribution in [0.25, 0.3) is 0 Å². The molecule has 1 aliphatic rings. The van der Waals surface area contributed by atoms with E-state index in [0.29, 0.717) is 24.1 Å². The van der Waals surface area contributed by atoms with E-state index in [1.165, 1.54) is 0 Å². The lowest BCUT2D eigenvalue weighted by molar-refractivity contribution is 0.414. The first-order chi connectivity index (χ1) is 9.10. The van der Waals surface area contributed by atoms with Gasteiger partial charge in [-0.25, -0.2) is 8.42 Å². The van der Waals surface area contributed by atoms with Crippen LogP contribution in [0.3, 0.4) is 0 Å². The summed E-state index contributed by atoms with van der Waals surface area (Å²) >= 11 is 1.90. The number of hydrogen-bond donors (Lipinski definition) is 1. The van der Waals surface area contributed by atoms with E-state index in [1.54, 1.807) is 4.31 Å². The van der Waals surface area contributed by atoms with Crippen molar-refractivity contribution in [2.75, 3.05) is 37.7 Å². The topological polar surface area (TPSA) is 49.4 Å². The lowest BCUT2D eigenvalue weighted by Gasteiger charge is -2.31. The average Bonchev–Trinajstić information content (AvgIpc) is 2.43. The zero-order chi connectivity index (χ0) is 14.1. The van der Waals surface area contributed by atoms with Crippen molar-refractivity contribution >= 4 is 21.8 Å². The van der Waals surface area contributed by atoms with Gasteiger partial charge in [0.1, 0.15) is 0 Å². The van der Waals surface area contributed by atoms with Crippen LogP contribution in [0.1, 0.15) is 39.5 Å². The van der Waals surface area contributed by atoms with E-state index in [2.05, 4.69) is 19.2 Å². The van der Waals surface area contributed by atoms with Gasteiger partial charge < -0.3 is 5.32 Å². The largest absolute Gasteiger partial charge is 0.317 e. The second-order valence-corrected chi connectivity index (χ2v) is 8.53. The maximum absolute atomic E-state index is 12.2. The lowest BCUT2D eigenvalue weighted by atomic mass is 10.3. The molecule has 0 aromatic carbocycles. The second kappa shape index (κ2) is 9.21. The summed E-state index contributed by atoms with van der Waals surface area (Å²) in [4.78, 5) is 0. The maximum atomic E-state index is 12.2. The highest BCUT2D eigenvalue weighted by Gasteiger charge is 2.27.